The zero-order valence-electron chi connectivity index (χ0n) is 12.8. The predicted molar refractivity (Wildman–Crippen MR) is 79.8 cm³/mol. The lowest BCUT2D eigenvalue weighted by Crippen LogP contribution is -2.44. The molecule has 0 bridgehead atoms. The molecule has 1 aliphatic heterocycles. The molecule has 1 atom stereocenters. The highest BCUT2D eigenvalue weighted by atomic mass is 19.4. The number of anilines is 1. The summed E-state index contributed by atoms with van der Waals surface area (Å²) < 4.78 is 38.3. The molecule has 0 saturated carbocycles. The molecule has 2 rings (SSSR count). The van der Waals surface area contributed by atoms with E-state index in [4.69, 9.17) is 0 Å². The van der Waals surface area contributed by atoms with Crippen LogP contribution in [0.3, 0.4) is 0 Å². The molecule has 0 aliphatic carbocycles. The van der Waals surface area contributed by atoms with Gasteiger partial charge in [-0.1, -0.05) is 6.07 Å². The van der Waals surface area contributed by atoms with E-state index < -0.39 is 12.1 Å². The smallest absolute Gasteiger partial charge is 0.325 e. The van der Waals surface area contributed by atoms with Gasteiger partial charge in [-0.15, -0.1) is 0 Å². The van der Waals surface area contributed by atoms with Gasteiger partial charge in [-0.05, 0) is 56.5 Å². The normalized spacial score (nSPS) is 20.0. The summed E-state index contributed by atoms with van der Waals surface area (Å²) >= 11 is 0. The van der Waals surface area contributed by atoms with Crippen LogP contribution < -0.4 is 5.32 Å². The first kappa shape index (κ1) is 16.8. The molecule has 1 aromatic rings. The number of carbonyl (C=O) groups is 1. The Bertz CT molecular complexity index is 522. The van der Waals surface area contributed by atoms with E-state index in [1.165, 1.54) is 0 Å². The molecule has 6 heteroatoms. The lowest BCUT2D eigenvalue weighted by atomic mass is 9.97. The van der Waals surface area contributed by atoms with E-state index >= 15 is 0 Å². The Morgan fingerprint density at radius 2 is 1.91 bits per heavy atom. The van der Waals surface area contributed by atoms with E-state index in [0.29, 0.717) is 18.7 Å². The fraction of sp³-hybridized carbons (Fsp3) is 0.562. The Morgan fingerprint density at radius 1 is 1.27 bits per heavy atom. The maximum Gasteiger partial charge on any atom is 0.393 e. The van der Waals surface area contributed by atoms with E-state index in [-0.39, 0.29) is 25.4 Å². The Kier molecular flexibility index (Phi) is 5.11. The molecule has 0 spiro atoms. The largest absolute Gasteiger partial charge is 0.393 e. The van der Waals surface area contributed by atoms with E-state index in [2.05, 4.69) is 5.32 Å². The topological polar surface area (TPSA) is 32.3 Å². The summed E-state index contributed by atoms with van der Waals surface area (Å²) in [6, 6.07) is 5.69. The SMILES string of the molecule is Cc1cc(C)cc(NC(=O)CN2CCCC(C(F)(F)F)C2)c1. The molecular weight excluding hydrogens is 293 g/mol. The van der Waals surface area contributed by atoms with Crippen LogP contribution >= 0.6 is 0 Å². The second kappa shape index (κ2) is 6.69. The van der Waals surface area contributed by atoms with Crippen LogP contribution in [0.4, 0.5) is 18.9 Å². The highest BCUT2D eigenvalue weighted by Crippen LogP contribution is 2.32. The summed E-state index contributed by atoms with van der Waals surface area (Å²) in [5.41, 5.74) is 2.75. The van der Waals surface area contributed by atoms with Gasteiger partial charge in [-0.25, -0.2) is 0 Å². The lowest BCUT2D eigenvalue weighted by Gasteiger charge is -2.33. The molecule has 0 aromatic heterocycles. The lowest BCUT2D eigenvalue weighted by molar-refractivity contribution is -0.186. The number of carbonyl (C=O) groups excluding carboxylic acids is 1. The summed E-state index contributed by atoms with van der Waals surface area (Å²) in [6.07, 6.45) is -3.55. The number of nitrogens with one attached hydrogen (secondary N) is 1. The number of hydrogen-bond acceptors (Lipinski definition) is 2. The number of amides is 1. The summed E-state index contributed by atoms with van der Waals surface area (Å²) in [5, 5.41) is 2.76. The van der Waals surface area contributed by atoms with Crippen LogP contribution in [0.15, 0.2) is 18.2 Å². The van der Waals surface area contributed by atoms with Gasteiger partial charge in [0.1, 0.15) is 0 Å². The number of hydrogen-bond donors (Lipinski definition) is 1. The molecule has 3 nitrogen and oxygen atoms in total. The molecular formula is C16H21F3N2O. The minimum Gasteiger partial charge on any atom is -0.325 e. The molecule has 1 unspecified atom stereocenters. The molecule has 1 heterocycles. The molecule has 22 heavy (non-hydrogen) atoms. The predicted octanol–water partition coefficient (Wildman–Crippen LogP) is 3.52. The highest BCUT2D eigenvalue weighted by Gasteiger charge is 2.41. The maximum absolute atomic E-state index is 12.8. The zero-order valence-corrected chi connectivity index (χ0v) is 12.8. The first-order chi connectivity index (χ1) is 10.2. The molecule has 122 valence electrons. The summed E-state index contributed by atoms with van der Waals surface area (Å²) in [5.74, 6) is -1.59. The van der Waals surface area contributed by atoms with Crippen molar-refractivity contribution in [3.8, 4) is 0 Å². The van der Waals surface area contributed by atoms with Crippen LogP contribution in [0.1, 0.15) is 24.0 Å². The van der Waals surface area contributed by atoms with Crippen molar-refractivity contribution >= 4 is 11.6 Å². The molecule has 1 saturated heterocycles. The summed E-state index contributed by atoms with van der Waals surface area (Å²) in [7, 11) is 0. The van der Waals surface area contributed by atoms with Crippen molar-refractivity contribution in [1.82, 2.24) is 4.90 Å². The zero-order chi connectivity index (χ0) is 16.3. The average molecular weight is 314 g/mol. The molecule has 0 radical (unpaired) electrons. The minimum atomic E-state index is -4.18. The molecule has 1 fully saturated rings. The number of aryl methyl sites for hydroxylation is 2. The van der Waals surface area contributed by atoms with Gasteiger partial charge in [-0.3, -0.25) is 9.69 Å². The highest BCUT2D eigenvalue weighted by molar-refractivity contribution is 5.92. The molecule has 1 N–H and O–H groups in total. The summed E-state index contributed by atoms with van der Waals surface area (Å²) in [6.45, 7) is 4.30. The van der Waals surface area contributed by atoms with E-state index in [9.17, 15) is 18.0 Å². The Morgan fingerprint density at radius 3 is 2.50 bits per heavy atom. The Balaban J connectivity index is 1.91. The quantitative estimate of drug-likeness (QED) is 0.926. The number of likely N-dealkylation sites (tertiary alicyclic amines) is 1. The number of halogens is 3. The van der Waals surface area contributed by atoms with Crippen molar-refractivity contribution in [2.75, 3.05) is 25.0 Å². The third-order valence-electron chi connectivity index (χ3n) is 3.84. The maximum atomic E-state index is 12.8. The van der Waals surface area contributed by atoms with E-state index in [1.807, 2.05) is 32.0 Å². The minimum absolute atomic E-state index is 0.000427. The van der Waals surface area contributed by atoms with Crippen molar-refractivity contribution in [3.63, 3.8) is 0 Å². The third-order valence-corrected chi connectivity index (χ3v) is 3.84. The monoisotopic (exact) mass is 314 g/mol. The van der Waals surface area contributed by atoms with Gasteiger partial charge in [0.25, 0.3) is 0 Å². The molecule has 1 aromatic carbocycles. The van der Waals surface area contributed by atoms with Crippen LogP contribution in [0.2, 0.25) is 0 Å². The van der Waals surface area contributed by atoms with Gasteiger partial charge in [-0.2, -0.15) is 13.2 Å². The Labute approximate surface area is 128 Å². The van der Waals surface area contributed by atoms with Gasteiger partial charge in [0.15, 0.2) is 0 Å². The van der Waals surface area contributed by atoms with Crippen molar-refractivity contribution in [3.05, 3.63) is 29.3 Å². The summed E-state index contributed by atoms with van der Waals surface area (Å²) in [4.78, 5) is 13.6. The number of rotatable bonds is 3. The average Bonchev–Trinajstić information content (AvgIpc) is 2.36. The second-order valence-corrected chi connectivity index (χ2v) is 6.04. The van der Waals surface area contributed by atoms with E-state index in [0.717, 1.165) is 11.1 Å². The van der Waals surface area contributed by atoms with Gasteiger partial charge >= 0.3 is 6.18 Å². The first-order valence-electron chi connectivity index (χ1n) is 7.41. The van der Waals surface area contributed by atoms with Gasteiger partial charge in [0, 0.05) is 12.2 Å². The van der Waals surface area contributed by atoms with Gasteiger partial charge < -0.3 is 5.32 Å². The number of piperidine rings is 1. The van der Waals surface area contributed by atoms with Crippen molar-refractivity contribution in [2.24, 2.45) is 5.92 Å². The van der Waals surface area contributed by atoms with Crippen LogP contribution in [0.25, 0.3) is 0 Å². The van der Waals surface area contributed by atoms with Crippen molar-refractivity contribution in [2.45, 2.75) is 32.9 Å². The van der Waals surface area contributed by atoms with Gasteiger partial charge in [0.2, 0.25) is 5.91 Å². The standard InChI is InChI=1S/C16H21F3N2O/c1-11-6-12(2)8-14(7-11)20-15(22)10-21-5-3-4-13(9-21)16(17,18)19/h6-8,13H,3-5,9-10H2,1-2H3,(H,20,22). The van der Waals surface area contributed by atoms with Gasteiger partial charge in [0.05, 0.1) is 12.5 Å². The molecule has 1 amide bonds. The number of alkyl halides is 3. The van der Waals surface area contributed by atoms with Crippen molar-refractivity contribution in [1.29, 1.82) is 0 Å². The fourth-order valence-corrected chi connectivity index (χ4v) is 2.92. The van der Waals surface area contributed by atoms with Crippen LogP contribution in [0, 0.1) is 19.8 Å². The fourth-order valence-electron chi connectivity index (χ4n) is 2.92. The Hall–Kier alpha value is -1.56. The third kappa shape index (κ3) is 4.73. The van der Waals surface area contributed by atoms with Crippen LogP contribution in [-0.4, -0.2) is 36.6 Å². The van der Waals surface area contributed by atoms with E-state index in [1.54, 1.807) is 4.90 Å². The molecule has 1 aliphatic rings. The van der Waals surface area contributed by atoms with Crippen LogP contribution in [0.5, 0.6) is 0 Å². The first-order valence-corrected chi connectivity index (χ1v) is 7.41. The number of benzene rings is 1. The number of nitrogens with zero attached hydrogens (tertiary/aromatic N) is 1. The second-order valence-electron chi connectivity index (χ2n) is 6.04. The van der Waals surface area contributed by atoms with Crippen molar-refractivity contribution < 1.29 is 18.0 Å². The van der Waals surface area contributed by atoms with Crippen LogP contribution in [-0.2, 0) is 4.79 Å².